The van der Waals surface area contributed by atoms with Crippen LogP contribution in [0.25, 0.3) is 0 Å². The zero-order valence-electron chi connectivity index (χ0n) is 12.1. The first-order chi connectivity index (χ1) is 9.93. The number of urea groups is 1. The van der Waals surface area contributed by atoms with Crippen LogP contribution in [0.15, 0.2) is 18.2 Å². The van der Waals surface area contributed by atoms with Gasteiger partial charge in [0.2, 0.25) is 5.91 Å². The van der Waals surface area contributed by atoms with Crippen molar-refractivity contribution in [1.82, 2.24) is 10.6 Å². The Hall–Kier alpha value is -1.76. The molecule has 0 saturated heterocycles. The molecule has 0 radical (unpaired) electrons. The molecule has 1 rings (SSSR count). The zero-order valence-corrected chi connectivity index (χ0v) is 12.9. The van der Waals surface area contributed by atoms with Crippen LogP contribution in [0.1, 0.15) is 17.5 Å². The molecule has 0 aliphatic carbocycles. The van der Waals surface area contributed by atoms with Crippen LogP contribution >= 0.6 is 11.8 Å². The Morgan fingerprint density at radius 1 is 1.43 bits per heavy atom. The summed E-state index contributed by atoms with van der Waals surface area (Å²) in [4.78, 5) is 22.9. The number of rotatable bonds is 7. The van der Waals surface area contributed by atoms with Crippen LogP contribution in [0.3, 0.4) is 0 Å². The highest BCUT2D eigenvalue weighted by Crippen LogP contribution is 2.09. The Kier molecular flexibility index (Phi) is 7.01. The fourth-order valence-electron chi connectivity index (χ4n) is 1.73. The van der Waals surface area contributed by atoms with Crippen molar-refractivity contribution in [3.05, 3.63) is 35.1 Å². The molecule has 7 heteroatoms. The number of carbonyl (C=O) groups is 2. The topological polar surface area (TPSA) is 84.2 Å². The average molecular weight is 313 g/mol. The van der Waals surface area contributed by atoms with Crippen molar-refractivity contribution in [2.45, 2.75) is 25.9 Å². The molecule has 0 aliphatic heterocycles. The van der Waals surface area contributed by atoms with Crippen LogP contribution < -0.4 is 16.4 Å². The SMILES string of the molecule is CSCCC(NC(N)=O)C(=O)NCc1ccc(C)c(F)c1. The van der Waals surface area contributed by atoms with Gasteiger partial charge in [0, 0.05) is 6.54 Å². The van der Waals surface area contributed by atoms with Gasteiger partial charge in [0.1, 0.15) is 11.9 Å². The van der Waals surface area contributed by atoms with Crippen molar-refractivity contribution in [3.8, 4) is 0 Å². The summed E-state index contributed by atoms with van der Waals surface area (Å²) in [6.07, 6.45) is 2.40. The summed E-state index contributed by atoms with van der Waals surface area (Å²) in [7, 11) is 0. The van der Waals surface area contributed by atoms with E-state index in [-0.39, 0.29) is 18.3 Å². The lowest BCUT2D eigenvalue weighted by molar-refractivity contribution is -0.123. The predicted molar refractivity (Wildman–Crippen MR) is 82.5 cm³/mol. The number of aryl methyl sites for hydroxylation is 1. The third-order valence-electron chi connectivity index (χ3n) is 2.95. The van der Waals surface area contributed by atoms with Crippen LogP contribution in [0, 0.1) is 12.7 Å². The molecular weight excluding hydrogens is 293 g/mol. The highest BCUT2D eigenvalue weighted by molar-refractivity contribution is 7.98. The number of carbonyl (C=O) groups excluding carboxylic acids is 2. The minimum Gasteiger partial charge on any atom is -0.352 e. The number of halogens is 1. The van der Waals surface area contributed by atoms with Gasteiger partial charge in [-0.2, -0.15) is 11.8 Å². The van der Waals surface area contributed by atoms with E-state index in [1.807, 2.05) is 6.26 Å². The first-order valence-electron chi connectivity index (χ1n) is 6.51. The van der Waals surface area contributed by atoms with E-state index in [9.17, 15) is 14.0 Å². The highest BCUT2D eigenvalue weighted by Gasteiger charge is 2.18. The molecule has 1 atom stereocenters. The monoisotopic (exact) mass is 313 g/mol. The predicted octanol–water partition coefficient (Wildman–Crippen LogP) is 1.54. The maximum absolute atomic E-state index is 13.4. The Morgan fingerprint density at radius 3 is 2.71 bits per heavy atom. The lowest BCUT2D eigenvalue weighted by atomic mass is 10.1. The smallest absolute Gasteiger partial charge is 0.312 e. The van der Waals surface area contributed by atoms with Gasteiger partial charge in [-0.25, -0.2) is 9.18 Å². The molecule has 3 amide bonds. The van der Waals surface area contributed by atoms with E-state index in [4.69, 9.17) is 5.73 Å². The van der Waals surface area contributed by atoms with Gasteiger partial charge in [0.15, 0.2) is 0 Å². The van der Waals surface area contributed by atoms with Gasteiger partial charge >= 0.3 is 6.03 Å². The molecule has 0 bridgehead atoms. The Balaban J connectivity index is 2.59. The second-order valence-corrected chi connectivity index (χ2v) is 5.63. The summed E-state index contributed by atoms with van der Waals surface area (Å²) in [5, 5.41) is 5.09. The minimum absolute atomic E-state index is 0.201. The van der Waals surface area contributed by atoms with Crippen molar-refractivity contribution >= 4 is 23.7 Å². The van der Waals surface area contributed by atoms with Crippen molar-refractivity contribution < 1.29 is 14.0 Å². The number of amides is 3. The second kappa shape index (κ2) is 8.51. The van der Waals surface area contributed by atoms with E-state index in [2.05, 4.69) is 10.6 Å². The molecule has 5 nitrogen and oxygen atoms in total. The molecule has 1 aromatic carbocycles. The maximum Gasteiger partial charge on any atom is 0.312 e. The third kappa shape index (κ3) is 6.03. The van der Waals surface area contributed by atoms with Crippen LogP contribution in [-0.4, -0.2) is 30.0 Å². The number of primary amides is 1. The number of hydrogen-bond donors (Lipinski definition) is 3. The van der Waals surface area contributed by atoms with Gasteiger partial charge in [-0.05, 0) is 42.5 Å². The summed E-state index contributed by atoms with van der Waals surface area (Å²) >= 11 is 1.57. The van der Waals surface area contributed by atoms with Gasteiger partial charge in [0.05, 0.1) is 0 Å². The normalized spacial score (nSPS) is 11.8. The van der Waals surface area contributed by atoms with E-state index in [1.165, 1.54) is 6.07 Å². The Bertz CT molecular complexity index is 511. The van der Waals surface area contributed by atoms with Crippen LogP contribution in [-0.2, 0) is 11.3 Å². The van der Waals surface area contributed by atoms with Gasteiger partial charge in [-0.1, -0.05) is 12.1 Å². The number of nitrogens with two attached hydrogens (primary N) is 1. The molecule has 21 heavy (non-hydrogen) atoms. The van der Waals surface area contributed by atoms with Crippen LogP contribution in [0.2, 0.25) is 0 Å². The average Bonchev–Trinajstić information content (AvgIpc) is 2.44. The number of hydrogen-bond acceptors (Lipinski definition) is 3. The molecule has 1 unspecified atom stereocenters. The molecule has 0 aromatic heterocycles. The van der Waals surface area contributed by atoms with Gasteiger partial charge < -0.3 is 16.4 Å². The molecule has 0 heterocycles. The zero-order chi connectivity index (χ0) is 15.8. The summed E-state index contributed by atoms with van der Waals surface area (Å²) in [6, 6.07) is 3.37. The minimum atomic E-state index is -0.738. The van der Waals surface area contributed by atoms with Crippen LogP contribution in [0.5, 0.6) is 0 Å². The summed E-state index contributed by atoms with van der Waals surface area (Å²) in [5.74, 6) is 0.0807. The summed E-state index contributed by atoms with van der Waals surface area (Å²) in [6.45, 7) is 1.87. The number of nitrogens with one attached hydrogen (secondary N) is 2. The third-order valence-corrected chi connectivity index (χ3v) is 3.59. The second-order valence-electron chi connectivity index (χ2n) is 4.64. The molecule has 0 fully saturated rings. The first-order valence-corrected chi connectivity index (χ1v) is 7.91. The highest BCUT2D eigenvalue weighted by atomic mass is 32.2. The summed E-state index contributed by atoms with van der Waals surface area (Å²) < 4.78 is 13.4. The lowest BCUT2D eigenvalue weighted by Crippen LogP contribution is -2.48. The van der Waals surface area contributed by atoms with E-state index in [0.29, 0.717) is 17.5 Å². The Labute approximate surface area is 127 Å². The van der Waals surface area contributed by atoms with Crippen molar-refractivity contribution in [2.24, 2.45) is 5.73 Å². The first kappa shape index (κ1) is 17.3. The van der Waals surface area contributed by atoms with Gasteiger partial charge in [0.25, 0.3) is 0 Å². The van der Waals surface area contributed by atoms with Crippen molar-refractivity contribution in [1.29, 1.82) is 0 Å². The molecule has 116 valence electrons. The van der Waals surface area contributed by atoms with Crippen molar-refractivity contribution in [2.75, 3.05) is 12.0 Å². The molecule has 0 saturated carbocycles. The largest absolute Gasteiger partial charge is 0.352 e. The lowest BCUT2D eigenvalue weighted by Gasteiger charge is -2.17. The standard InChI is InChI=1S/C14H20FN3O2S/c1-9-3-4-10(7-11(9)15)8-17-13(19)12(5-6-21-2)18-14(16)20/h3-4,7,12H,5-6,8H2,1-2H3,(H,17,19)(H3,16,18,20). The molecule has 4 N–H and O–H groups in total. The quantitative estimate of drug-likeness (QED) is 0.714. The Morgan fingerprint density at radius 2 is 2.14 bits per heavy atom. The fraction of sp³-hybridized carbons (Fsp3) is 0.429. The molecule has 1 aromatic rings. The molecule has 0 aliphatic rings. The number of benzene rings is 1. The van der Waals surface area contributed by atoms with Crippen molar-refractivity contribution in [3.63, 3.8) is 0 Å². The van der Waals surface area contributed by atoms with Gasteiger partial charge in [-0.3, -0.25) is 4.79 Å². The molecular formula is C14H20FN3O2S. The van der Waals surface area contributed by atoms with Gasteiger partial charge in [-0.15, -0.1) is 0 Å². The van der Waals surface area contributed by atoms with E-state index >= 15 is 0 Å². The fourth-order valence-corrected chi connectivity index (χ4v) is 2.21. The van der Waals surface area contributed by atoms with E-state index in [0.717, 1.165) is 5.75 Å². The van der Waals surface area contributed by atoms with E-state index in [1.54, 1.807) is 30.8 Å². The summed E-state index contributed by atoms with van der Waals surface area (Å²) in [5.41, 5.74) is 6.28. The van der Waals surface area contributed by atoms with E-state index < -0.39 is 12.1 Å². The molecule has 0 spiro atoms. The maximum atomic E-state index is 13.4. The number of thioether (sulfide) groups is 1. The van der Waals surface area contributed by atoms with Crippen LogP contribution in [0.4, 0.5) is 9.18 Å².